The summed E-state index contributed by atoms with van der Waals surface area (Å²) in [6.45, 7) is 6.36. The molecular formula is C26H36O6S3. The minimum atomic E-state index is 0.610. The molecule has 0 radical (unpaired) electrons. The smallest absolute Gasteiger partial charge is 0.0701 e. The Morgan fingerprint density at radius 2 is 0.771 bits per heavy atom. The van der Waals surface area contributed by atoms with Gasteiger partial charge >= 0.3 is 0 Å². The predicted molar refractivity (Wildman–Crippen MR) is 145 cm³/mol. The van der Waals surface area contributed by atoms with Crippen molar-refractivity contribution < 1.29 is 28.4 Å². The van der Waals surface area contributed by atoms with Gasteiger partial charge in [0.25, 0.3) is 0 Å². The fourth-order valence-corrected chi connectivity index (χ4v) is 6.33. The first kappa shape index (κ1) is 28.4. The lowest BCUT2D eigenvalue weighted by Crippen LogP contribution is -2.09. The highest BCUT2D eigenvalue weighted by Crippen LogP contribution is 2.40. The van der Waals surface area contributed by atoms with Gasteiger partial charge in [-0.15, -0.1) is 34.0 Å². The second-order valence-electron chi connectivity index (χ2n) is 7.63. The molecule has 0 aliphatic rings. The van der Waals surface area contributed by atoms with Crippen LogP contribution in [0.3, 0.4) is 0 Å². The Hall–Kier alpha value is -1.14. The van der Waals surface area contributed by atoms with E-state index in [1.165, 1.54) is 29.3 Å². The lowest BCUT2D eigenvalue weighted by molar-refractivity contribution is 0.0256. The van der Waals surface area contributed by atoms with Crippen LogP contribution in [0, 0.1) is 0 Å². The van der Waals surface area contributed by atoms with Crippen LogP contribution in [0.4, 0.5) is 0 Å². The van der Waals surface area contributed by atoms with Gasteiger partial charge in [-0.05, 0) is 36.4 Å². The molecule has 35 heavy (non-hydrogen) atoms. The third-order valence-corrected chi connectivity index (χ3v) is 8.78. The van der Waals surface area contributed by atoms with E-state index in [0.717, 1.165) is 12.8 Å². The molecule has 0 aliphatic heterocycles. The second-order valence-corrected chi connectivity index (χ2v) is 11.1. The molecular weight excluding hydrogens is 504 g/mol. The molecule has 3 aromatic rings. The molecule has 0 N–H and O–H groups in total. The van der Waals surface area contributed by atoms with Crippen LogP contribution < -0.4 is 0 Å². The minimum Gasteiger partial charge on any atom is -0.382 e. The molecule has 6 nitrogen and oxygen atoms in total. The molecule has 0 fully saturated rings. The van der Waals surface area contributed by atoms with E-state index in [-0.39, 0.29) is 0 Å². The molecule has 194 valence electrons. The van der Waals surface area contributed by atoms with Crippen molar-refractivity contribution >= 4 is 34.0 Å². The van der Waals surface area contributed by atoms with Gasteiger partial charge in [0.1, 0.15) is 0 Å². The molecule has 0 spiro atoms. The van der Waals surface area contributed by atoms with Crippen LogP contribution in [0.2, 0.25) is 0 Å². The van der Waals surface area contributed by atoms with Crippen molar-refractivity contribution in [3.05, 3.63) is 46.2 Å². The van der Waals surface area contributed by atoms with Crippen molar-refractivity contribution in [2.75, 3.05) is 80.3 Å². The summed E-state index contributed by atoms with van der Waals surface area (Å²) < 4.78 is 32.1. The van der Waals surface area contributed by atoms with Crippen LogP contribution >= 0.6 is 34.0 Å². The maximum absolute atomic E-state index is 5.68. The Bertz CT molecular complexity index is 862. The largest absolute Gasteiger partial charge is 0.382 e. The molecule has 0 atom stereocenters. The monoisotopic (exact) mass is 540 g/mol. The molecule has 3 aromatic heterocycles. The fraction of sp³-hybridized carbons (Fsp3) is 0.538. The van der Waals surface area contributed by atoms with Gasteiger partial charge in [0, 0.05) is 56.3 Å². The van der Waals surface area contributed by atoms with E-state index in [0.29, 0.717) is 66.1 Å². The van der Waals surface area contributed by atoms with E-state index < -0.39 is 0 Å². The van der Waals surface area contributed by atoms with Crippen molar-refractivity contribution in [3.63, 3.8) is 0 Å². The van der Waals surface area contributed by atoms with Gasteiger partial charge in [-0.25, -0.2) is 0 Å². The molecule has 0 aromatic carbocycles. The molecule has 0 unspecified atom stereocenters. The first-order chi connectivity index (χ1) is 17.3. The molecule has 3 heterocycles. The van der Waals surface area contributed by atoms with Gasteiger partial charge in [0.05, 0.1) is 66.1 Å². The van der Waals surface area contributed by atoms with Gasteiger partial charge in [-0.2, -0.15) is 0 Å². The number of rotatable bonds is 20. The van der Waals surface area contributed by atoms with Crippen molar-refractivity contribution in [3.8, 4) is 19.5 Å². The minimum absolute atomic E-state index is 0.610. The predicted octanol–water partition coefficient (Wildman–Crippen LogP) is 5.65. The molecule has 0 saturated heterocycles. The van der Waals surface area contributed by atoms with Gasteiger partial charge < -0.3 is 28.4 Å². The summed E-state index contributed by atoms with van der Waals surface area (Å²) >= 11 is 5.55. The maximum atomic E-state index is 5.68. The third-order valence-electron chi connectivity index (χ3n) is 5.01. The van der Waals surface area contributed by atoms with E-state index in [1.54, 1.807) is 14.2 Å². The first-order valence-corrected chi connectivity index (χ1v) is 14.3. The average molecular weight is 541 g/mol. The van der Waals surface area contributed by atoms with Crippen LogP contribution in [-0.2, 0) is 41.3 Å². The summed E-state index contributed by atoms with van der Waals surface area (Å²) in [4.78, 5) is 7.95. The molecule has 0 saturated carbocycles. The van der Waals surface area contributed by atoms with Gasteiger partial charge in [-0.1, -0.05) is 0 Å². The summed E-state index contributed by atoms with van der Waals surface area (Å²) in [5.41, 5.74) is 0. The maximum Gasteiger partial charge on any atom is 0.0701 e. The average Bonchev–Trinajstić information content (AvgIpc) is 3.63. The summed E-state index contributed by atoms with van der Waals surface area (Å²) in [7, 11) is 3.35. The lowest BCUT2D eigenvalue weighted by atomic mass is 10.3. The quantitative estimate of drug-likeness (QED) is 0.173. The zero-order valence-corrected chi connectivity index (χ0v) is 23.1. The van der Waals surface area contributed by atoms with Gasteiger partial charge in [0.15, 0.2) is 0 Å². The summed E-state index contributed by atoms with van der Waals surface area (Å²) in [5, 5.41) is 0. The Morgan fingerprint density at radius 3 is 1.20 bits per heavy atom. The van der Waals surface area contributed by atoms with Crippen molar-refractivity contribution in [2.45, 2.75) is 12.8 Å². The molecule has 0 amide bonds. The number of ether oxygens (including phenoxy) is 6. The van der Waals surface area contributed by atoms with Crippen LogP contribution in [0.5, 0.6) is 0 Å². The normalized spacial score (nSPS) is 11.5. The summed E-state index contributed by atoms with van der Waals surface area (Å²) in [5.74, 6) is 0. The number of hydrogen-bond acceptors (Lipinski definition) is 9. The summed E-state index contributed by atoms with van der Waals surface area (Å²) in [6, 6.07) is 13.3. The van der Waals surface area contributed by atoms with Gasteiger partial charge in [0.2, 0.25) is 0 Å². The highest BCUT2D eigenvalue weighted by molar-refractivity contribution is 7.26. The molecule has 0 aliphatic carbocycles. The van der Waals surface area contributed by atoms with Crippen molar-refractivity contribution in [2.24, 2.45) is 0 Å². The lowest BCUT2D eigenvalue weighted by Gasteiger charge is -2.04. The Labute approximate surface area is 220 Å². The van der Waals surface area contributed by atoms with Crippen LogP contribution in [-0.4, -0.2) is 80.3 Å². The highest BCUT2D eigenvalue weighted by Gasteiger charge is 2.10. The van der Waals surface area contributed by atoms with E-state index in [4.69, 9.17) is 28.4 Å². The number of thiophene rings is 3. The topological polar surface area (TPSA) is 55.4 Å². The van der Waals surface area contributed by atoms with Crippen LogP contribution in [0.1, 0.15) is 9.75 Å². The standard InChI is InChI=1S/C26H36O6S3/c1-27-13-15-31-19-17-29-11-9-21-3-5-23(33-21)25-7-8-26(35-25)24-6-4-22(34-24)10-12-30-18-20-32-16-14-28-2/h3-8H,9-20H2,1-2H3. The van der Waals surface area contributed by atoms with E-state index in [2.05, 4.69) is 36.4 Å². The first-order valence-electron chi connectivity index (χ1n) is 11.9. The van der Waals surface area contributed by atoms with E-state index >= 15 is 0 Å². The Morgan fingerprint density at radius 1 is 0.429 bits per heavy atom. The number of hydrogen-bond donors (Lipinski definition) is 0. The van der Waals surface area contributed by atoms with E-state index in [9.17, 15) is 0 Å². The zero-order valence-electron chi connectivity index (χ0n) is 20.6. The van der Waals surface area contributed by atoms with E-state index in [1.807, 2.05) is 34.0 Å². The Balaban J connectivity index is 1.36. The highest BCUT2D eigenvalue weighted by atomic mass is 32.1. The summed E-state index contributed by atoms with van der Waals surface area (Å²) in [6.07, 6.45) is 1.85. The van der Waals surface area contributed by atoms with Gasteiger partial charge in [-0.3, -0.25) is 0 Å². The molecule has 0 bridgehead atoms. The van der Waals surface area contributed by atoms with Crippen LogP contribution in [0.15, 0.2) is 36.4 Å². The zero-order chi connectivity index (χ0) is 24.6. The second kappa shape index (κ2) is 17.3. The van der Waals surface area contributed by atoms with Crippen LogP contribution in [0.25, 0.3) is 19.5 Å². The van der Waals surface area contributed by atoms with Crippen molar-refractivity contribution in [1.82, 2.24) is 0 Å². The third kappa shape index (κ3) is 10.8. The Kier molecular flexibility index (Phi) is 14.1. The SMILES string of the molecule is COCCOCCOCCc1ccc(-c2ccc(-c3ccc(CCOCCOCCOC)s3)s2)s1. The molecule has 3 rings (SSSR count). The van der Waals surface area contributed by atoms with Crippen molar-refractivity contribution in [1.29, 1.82) is 0 Å². The number of methoxy groups -OCH3 is 2. The fourth-order valence-electron chi connectivity index (χ4n) is 3.17. The molecule has 9 heteroatoms.